The molecular formula is C11H12F3N5. The standard InChI is InChI=1S/C11H12F3N5/c12-11(13,14)8-6-9(18-4-2-1-3-5-18)19-10(17-8)15-7-16-19/h6-7H,1-5H2. The fourth-order valence-corrected chi connectivity index (χ4v) is 2.29. The van der Waals surface area contributed by atoms with Gasteiger partial charge in [-0.1, -0.05) is 0 Å². The van der Waals surface area contributed by atoms with E-state index in [1.54, 1.807) is 0 Å². The monoisotopic (exact) mass is 271 g/mol. The highest BCUT2D eigenvalue weighted by molar-refractivity contribution is 5.48. The number of halogens is 3. The Morgan fingerprint density at radius 3 is 2.53 bits per heavy atom. The van der Waals surface area contributed by atoms with E-state index in [2.05, 4.69) is 15.1 Å². The van der Waals surface area contributed by atoms with Gasteiger partial charge in [0.2, 0.25) is 0 Å². The van der Waals surface area contributed by atoms with Gasteiger partial charge in [0.25, 0.3) is 5.78 Å². The second-order valence-corrected chi connectivity index (χ2v) is 4.52. The lowest BCUT2D eigenvalue weighted by atomic mass is 10.1. The van der Waals surface area contributed by atoms with Gasteiger partial charge in [-0.25, -0.2) is 4.98 Å². The van der Waals surface area contributed by atoms with Gasteiger partial charge in [0.05, 0.1) is 0 Å². The minimum Gasteiger partial charge on any atom is -0.356 e. The van der Waals surface area contributed by atoms with Crippen molar-refractivity contribution in [3.8, 4) is 0 Å². The molecule has 0 atom stereocenters. The fraction of sp³-hybridized carbons (Fsp3) is 0.545. The number of rotatable bonds is 1. The van der Waals surface area contributed by atoms with Gasteiger partial charge in [0.15, 0.2) is 5.69 Å². The quantitative estimate of drug-likeness (QED) is 0.797. The molecule has 3 rings (SSSR count). The summed E-state index contributed by atoms with van der Waals surface area (Å²) in [5.74, 6) is 0.393. The first-order chi connectivity index (χ1) is 9.05. The summed E-state index contributed by atoms with van der Waals surface area (Å²) in [6, 6.07) is 1.05. The molecule has 1 saturated heterocycles. The number of piperidine rings is 1. The maximum absolute atomic E-state index is 12.8. The number of fused-ring (bicyclic) bond motifs is 1. The van der Waals surface area contributed by atoms with E-state index in [0.29, 0.717) is 5.82 Å². The summed E-state index contributed by atoms with van der Waals surface area (Å²) >= 11 is 0. The van der Waals surface area contributed by atoms with Crippen LogP contribution in [0.2, 0.25) is 0 Å². The summed E-state index contributed by atoms with van der Waals surface area (Å²) < 4.78 is 39.9. The van der Waals surface area contributed by atoms with Crippen LogP contribution in [0.5, 0.6) is 0 Å². The summed E-state index contributed by atoms with van der Waals surface area (Å²) in [5.41, 5.74) is -0.923. The molecule has 0 radical (unpaired) electrons. The normalized spacial score (nSPS) is 17.1. The van der Waals surface area contributed by atoms with Crippen molar-refractivity contribution in [3.63, 3.8) is 0 Å². The summed E-state index contributed by atoms with van der Waals surface area (Å²) in [7, 11) is 0. The van der Waals surface area contributed by atoms with Crippen molar-refractivity contribution in [2.45, 2.75) is 25.4 Å². The lowest BCUT2D eigenvalue weighted by Gasteiger charge is -2.28. The highest BCUT2D eigenvalue weighted by atomic mass is 19.4. The molecule has 0 amide bonds. The van der Waals surface area contributed by atoms with Crippen LogP contribution in [0, 0.1) is 0 Å². The molecular weight excluding hydrogens is 259 g/mol. The molecule has 1 fully saturated rings. The van der Waals surface area contributed by atoms with E-state index in [1.807, 2.05) is 4.90 Å². The Hall–Kier alpha value is -1.86. The summed E-state index contributed by atoms with van der Waals surface area (Å²) in [6.45, 7) is 1.46. The smallest absolute Gasteiger partial charge is 0.356 e. The maximum atomic E-state index is 12.8. The van der Waals surface area contributed by atoms with Gasteiger partial charge in [0.1, 0.15) is 12.1 Å². The molecule has 8 heteroatoms. The van der Waals surface area contributed by atoms with Crippen LogP contribution in [0.1, 0.15) is 25.0 Å². The maximum Gasteiger partial charge on any atom is 0.433 e. The minimum absolute atomic E-state index is 0.0181. The Balaban J connectivity index is 2.12. The Labute approximate surface area is 107 Å². The second kappa shape index (κ2) is 4.36. The van der Waals surface area contributed by atoms with Gasteiger partial charge >= 0.3 is 6.18 Å². The highest BCUT2D eigenvalue weighted by Gasteiger charge is 2.34. The predicted molar refractivity (Wildman–Crippen MR) is 61.8 cm³/mol. The molecule has 2 aromatic rings. The number of hydrogen-bond acceptors (Lipinski definition) is 4. The van der Waals surface area contributed by atoms with Gasteiger partial charge in [-0.15, -0.1) is 0 Å². The number of alkyl halides is 3. The van der Waals surface area contributed by atoms with E-state index in [1.165, 1.54) is 10.8 Å². The predicted octanol–water partition coefficient (Wildman–Crippen LogP) is 2.13. The molecule has 0 aromatic carbocycles. The lowest BCUT2D eigenvalue weighted by Crippen LogP contribution is -2.31. The largest absolute Gasteiger partial charge is 0.433 e. The molecule has 0 spiro atoms. The van der Waals surface area contributed by atoms with Crippen LogP contribution in [-0.4, -0.2) is 32.7 Å². The number of hydrogen-bond donors (Lipinski definition) is 0. The SMILES string of the molecule is FC(F)(F)c1cc(N2CCCCC2)n2ncnc2n1. The first-order valence-electron chi connectivity index (χ1n) is 6.08. The molecule has 0 N–H and O–H groups in total. The number of nitrogens with zero attached hydrogens (tertiary/aromatic N) is 5. The van der Waals surface area contributed by atoms with Crippen molar-refractivity contribution >= 4 is 11.6 Å². The molecule has 2 aromatic heterocycles. The van der Waals surface area contributed by atoms with Crippen LogP contribution in [0.15, 0.2) is 12.4 Å². The summed E-state index contributed by atoms with van der Waals surface area (Å²) in [6.07, 6.45) is -0.206. The highest BCUT2D eigenvalue weighted by Crippen LogP contribution is 2.31. The summed E-state index contributed by atoms with van der Waals surface area (Å²) in [5, 5.41) is 3.95. The molecule has 0 aliphatic carbocycles. The van der Waals surface area contributed by atoms with Gasteiger partial charge in [-0.2, -0.15) is 27.8 Å². The fourth-order valence-electron chi connectivity index (χ4n) is 2.29. The van der Waals surface area contributed by atoms with Crippen LogP contribution >= 0.6 is 0 Å². The van der Waals surface area contributed by atoms with E-state index in [9.17, 15) is 13.2 Å². The van der Waals surface area contributed by atoms with E-state index in [0.717, 1.165) is 38.4 Å². The van der Waals surface area contributed by atoms with E-state index < -0.39 is 11.9 Å². The molecule has 1 aliphatic rings. The van der Waals surface area contributed by atoms with E-state index in [-0.39, 0.29) is 5.78 Å². The topological polar surface area (TPSA) is 46.3 Å². The number of aromatic nitrogens is 4. The molecule has 0 saturated carbocycles. The first kappa shape index (κ1) is 12.2. The van der Waals surface area contributed by atoms with Crippen molar-refractivity contribution in [1.29, 1.82) is 0 Å². The van der Waals surface area contributed by atoms with Crippen molar-refractivity contribution in [1.82, 2.24) is 19.6 Å². The molecule has 5 nitrogen and oxygen atoms in total. The van der Waals surface area contributed by atoms with Crippen LogP contribution in [0.3, 0.4) is 0 Å². The molecule has 3 heterocycles. The third-order valence-corrected chi connectivity index (χ3v) is 3.20. The van der Waals surface area contributed by atoms with Gasteiger partial charge < -0.3 is 4.90 Å². The van der Waals surface area contributed by atoms with Crippen LogP contribution < -0.4 is 4.90 Å². The van der Waals surface area contributed by atoms with Crippen LogP contribution in [-0.2, 0) is 6.18 Å². The Morgan fingerprint density at radius 1 is 1.11 bits per heavy atom. The summed E-state index contributed by atoms with van der Waals surface area (Å²) in [4.78, 5) is 9.17. The lowest BCUT2D eigenvalue weighted by molar-refractivity contribution is -0.141. The zero-order chi connectivity index (χ0) is 13.5. The molecule has 1 aliphatic heterocycles. The van der Waals surface area contributed by atoms with Crippen molar-refractivity contribution in [2.24, 2.45) is 0 Å². The molecule has 102 valence electrons. The number of anilines is 1. The van der Waals surface area contributed by atoms with Crippen molar-refractivity contribution < 1.29 is 13.2 Å². The van der Waals surface area contributed by atoms with E-state index in [4.69, 9.17) is 0 Å². The van der Waals surface area contributed by atoms with Crippen molar-refractivity contribution in [3.05, 3.63) is 18.1 Å². The second-order valence-electron chi connectivity index (χ2n) is 4.52. The average Bonchev–Trinajstić information content (AvgIpc) is 2.85. The van der Waals surface area contributed by atoms with Crippen LogP contribution in [0.4, 0.5) is 19.0 Å². The first-order valence-corrected chi connectivity index (χ1v) is 6.08. The van der Waals surface area contributed by atoms with Gasteiger partial charge in [-0.05, 0) is 19.3 Å². The Kier molecular flexibility index (Phi) is 2.79. The minimum atomic E-state index is -4.47. The average molecular weight is 271 g/mol. The Morgan fingerprint density at radius 2 is 1.84 bits per heavy atom. The van der Waals surface area contributed by atoms with Crippen molar-refractivity contribution in [2.75, 3.05) is 18.0 Å². The molecule has 0 unspecified atom stereocenters. The molecule has 0 bridgehead atoms. The van der Waals surface area contributed by atoms with Crippen LogP contribution in [0.25, 0.3) is 5.78 Å². The zero-order valence-corrected chi connectivity index (χ0v) is 10.1. The third kappa shape index (κ3) is 2.22. The zero-order valence-electron chi connectivity index (χ0n) is 10.1. The van der Waals surface area contributed by atoms with E-state index >= 15 is 0 Å². The van der Waals surface area contributed by atoms with Gasteiger partial charge in [-0.3, -0.25) is 0 Å². The van der Waals surface area contributed by atoms with Gasteiger partial charge in [0, 0.05) is 19.2 Å². The molecule has 19 heavy (non-hydrogen) atoms. The third-order valence-electron chi connectivity index (χ3n) is 3.20. The Bertz CT molecular complexity index is 586.